The summed E-state index contributed by atoms with van der Waals surface area (Å²) < 4.78 is 1.79. The third kappa shape index (κ3) is 2.50. The molecule has 0 aliphatic carbocycles. The van der Waals surface area contributed by atoms with E-state index in [0.29, 0.717) is 30.8 Å². The fourth-order valence-electron chi connectivity index (χ4n) is 4.68. The number of amides is 2. The summed E-state index contributed by atoms with van der Waals surface area (Å²) >= 11 is 0. The molecule has 1 atom stereocenters. The van der Waals surface area contributed by atoms with Gasteiger partial charge in [-0.25, -0.2) is 0 Å². The number of aryl methyl sites for hydroxylation is 1. The lowest BCUT2D eigenvalue weighted by atomic mass is 10.0. The van der Waals surface area contributed by atoms with E-state index in [1.807, 2.05) is 43.4 Å². The van der Waals surface area contributed by atoms with Crippen molar-refractivity contribution in [1.82, 2.24) is 14.7 Å². The number of hydrogen-bond acceptors (Lipinski definition) is 4. The smallest absolute Gasteiger partial charge is 0.259 e. The second-order valence-corrected chi connectivity index (χ2v) is 7.70. The Balaban J connectivity index is 1.46. The van der Waals surface area contributed by atoms with Gasteiger partial charge in [0.2, 0.25) is 5.91 Å². The van der Waals surface area contributed by atoms with Gasteiger partial charge in [0.05, 0.1) is 18.0 Å². The average molecular weight is 390 g/mol. The van der Waals surface area contributed by atoms with Crippen molar-refractivity contribution in [1.29, 1.82) is 0 Å². The van der Waals surface area contributed by atoms with Crippen molar-refractivity contribution in [2.45, 2.75) is 32.5 Å². The summed E-state index contributed by atoms with van der Waals surface area (Å²) in [6, 6.07) is 10.9. The molecule has 0 fully saturated rings. The Morgan fingerprint density at radius 3 is 2.76 bits per heavy atom. The number of anilines is 1. The van der Waals surface area contributed by atoms with Gasteiger partial charge < -0.3 is 10.0 Å². The van der Waals surface area contributed by atoms with E-state index in [2.05, 4.69) is 5.10 Å². The molecule has 2 amide bonds. The molecule has 5 rings (SSSR count). The Morgan fingerprint density at radius 1 is 1.24 bits per heavy atom. The summed E-state index contributed by atoms with van der Waals surface area (Å²) in [6.07, 6.45) is 0.682. The molecule has 3 heterocycles. The van der Waals surface area contributed by atoms with Gasteiger partial charge in [0.1, 0.15) is 6.04 Å². The first-order valence-corrected chi connectivity index (χ1v) is 9.80. The first-order valence-electron chi connectivity index (χ1n) is 9.80. The van der Waals surface area contributed by atoms with Crippen LogP contribution in [0.15, 0.2) is 36.4 Å². The van der Waals surface area contributed by atoms with Gasteiger partial charge in [0.15, 0.2) is 0 Å². The molecule has 0 spiro atoms. The van der Waals surface area contributed by atoms with Crippen LogP contribution in [0.1, 0.15) is 34.2 Å². The monoisotopic (exact) mass is 390 g/mol. The highest BCUT2D eigenvalue weighted by molar-refractivity contribution is 6.26. The Bertz CT molecular complexity index is 1160. The quantitative estimate of drug-likeness (QED) is 0.742. The second-order valence-electron chi connectivity index (χ2n) is 7.70. The molecule has 1 N–H and O–H groups in total. The summed E-state index contributed by atoms with van der Waals surface area (Å²) in [5.41, 5.74) is 4.02. The third-order valence-electron chi connectivity index (χ3n) is 6.12. The zero-order valence-electron chi connectivity index (χ0n) is 16.4. The topological polar surface area (TPSA) is 78.7 Å². The number of benzene rings is 2. The van der Waals surface area contributed by atoms with Gasteiger partial charge >= 0.3 is 0 Å². The number of carbonyl (C=O) groups excluding carboxylic acids is 2. The molecule has 7 heteroatoms. The molecular weight excluding hydrogens is 368 g/mol. The van der Waals surface area contributed by atoms with Crippen LogP contribution in [0.4, 0.5) is 5.69 Å². The van der Waals surface area contributed by atoms with Crippen molar-refractivity contribution in [2.24, 2.45) is 7.05 Å². The number of hydrogen-bond donors (Lipinski definition) is 1. The van der Waals surface area contributed by atoms with Crippen LogP contribution in [0.3, 0.4) is 0 Å². The van der Waals surface area contributed by atoms with Gasteiger partial charge in [-0.2, -0.15) is 5.10 Å². The van der Waals surface area contributed by atoms with Gasteiger partial charge in [-0.3, -0.25) is 19.2 Å². The molecule has 1 aromatic heterocycles. The van der Waals surface area contributed by atoms with Crippen LogP contribution < -0.4 is 4.90 Å². The second kappa shape index (κ2) is 6.42. The summed E-state index contributed by atoms with van der Waals surface area (Å²) in [5, 5.41) is 15.9. The van der Waals surface area contributed by atoms with Crippen molar-refractivity contribution >= 4 is 28.3 Å². The van der Waals surface area contributed by atoms with Crippen molar-refractivity contribution in [2.75, 3.05) is 11.4 Å². The Morgan fingerprint density at radius 2 is 2.00 bits per heavy atom. The normalized spacial score (nSPS) is 16.4. The van der Waals surface area contributed by atoms with Crippen LogP contribution >= 0.6 is 0 Å². The maximum atomic E-state index is 13.4. The number of aliphatic hydroxyl groups excluding tert-OH is 1. The lowest BCUT2D eigenvalue weighted by molar-refractivity contribution is -0.133. The summed E-state index contributed by atoms with van der Waals surface area (Å²) in [4.78, 5) is 29.9. The van der Waals surface area contributed by atoms with E-state index in [9.17, 15) is 14.7 Å². The van der Waals surface area contributed by atoms with Crippen LogP contribution in [0.2, 0.25) is 0 Å². The average Bonchev–Trinajstić information content (AvgIpc) is 3.22. The minimum Gasteiger partial charge on any atom is -0.390 e. The molecule has 29 heavy (non-hydrogen) atoms. The Labute approximate surface area is 168 Å². The Kier molecular flexibility index (Phi) is 3.96. The zero-order chi connectivity index (χ0) is 20.3. The van der Waals surface area contributed by atoms with Crippen LogP contribution in [0.25, 0.3) is 10.8 Å². The number of rotatable bonds is 3. The first kappa shape index (κ1) is 17.9. The van der Waals surface area contributed by atoms with E-state index in [-0.39, 0.29) is 18.4 Å². The molecule has 2 aliphatic heterocycles. The fourth-order valence-corrected chi connectivity index (χ4v) is 4.68. The van der Waals surface area contributed by atoms with Crippen LogP contribution in [0.5, 0.6) is 0 Å². The van der Waals surface area contributed by atoms with E-state index >= 15 is 0 Å². The minimum absolute atomic E-state index is 0.0958. The van der Waals surface area contributed by atoms with E-state index in [1.165, 1.54) is 0 Å². The van der Waals surface area contributed by atoms with Gasteiger partial charge in [0, 0.05) is 48.8 Å². The highest BCUT2D eigenvalue weighted by atomic mass is 16.3. The third-order valence-corrected chi connectivity index (χ3v) is 6.12. The van der Waals surface area contributed by atoms with Crippen molar-refractivity contribution in [3.05, 3.63) is 58.9 Å². The van der Waals surface area contributed by atoms with Gasteiger partial charge in [0.25, 0.3) is 5.91 Å². The molecular formula is C22H22N4O3. The van der Waals surface area contributed by atoms with E-state index < -0.39 is 6.04 Å². The lowest BCUT2D eigenvalue weighted by Gasteiger charge is -2.33. The number of fused-ring (bicyclic) bond motifs is 1. The highest BCUT2D eigenvalue weighted by Gasteiger charge is 2.38. The molecule has 2 aliphatic rings. The number of aliphatic hydroxyl groups is 1. The molecule has 0 saturated carbocycles. The summed E-state index contributed by atoms with van der Waals surface area (Å²) in [5.74, 6) is -0.227. The molecule has 0 saturated heterocycles. The van der Waals surface area contributed by atoms with Gasteiger partial charge in [-0.1, -0.05) is 24.3 Å². The van der Waals surface area contributed by atoms with Crippen LogP contribution in [0, 0.1) is 0 Å². The molecule has 0 radical (unpaired) electrons. The van der Waals surface area contributed by atoms with E-state index in [0.717, 1.165) is 27.7 Å². The molecule has 0 bridgehead atoms. The molecule has 7 nitrogen and oxygen atoms in total. The molecule has 3 aromatic rings. The summed E-state index contributed by atoms with van der Waals surface area (Å²) in [6.45, 7) is 2.61. The predicted octanol–water partition coefficient (Wildman–Crippen LogP) is 2.00. The maximum absolute atomic E-state index is 13.4. The largest absolute Gasteiger partial charge is 0.390 e. The maximum Gasteiger partial charge on any atom is 0.259 e. The van der Waals surface area contributed by atoms with Crippen LogP contribution in [-0.4, -0.2) is 44.2 Å². The standard InChI is InChI=1S/C22H22N4O3/c1-13(21(28)25-10-9-18-16(11-25)17(12-27)23-24(18)2)26-19-8-4-6-14-5-3-7-15(20(14)19)22(26)29/h3-8,13,27H,9-12H2,1-2H3/t13-/m1/s1. The fraction of sp³-hybridized carbons (Fsp3) is 0.318. The minimum atomic E-state index is -0.615. The van der Waals surface area contributed by atoms with Gasteiger partial charge in [-0.05, 0) is 24.4 Å². The molecule has 2 aromatic carbocycles. The lowest BCUT2D eigenvalue weighted by Crippen LogP contribution is -2.49. The molecule has 0 unspecified atom stereocenters. The van der Waals surface area contributed by atoms with E-state index in [1.54, 1.807) is 21.4 Å². The van der Waals surface area contributed by atoms with Crippen LogP contribution in [-0.2, 0) is 31.4 Å². The number of nitrogens with zero attached hydrogens (tertiary/aromatic N) is 4. The first-order chi connectivity index (χ1) is 14.0. The van der Waals surface area contributed by atoms with Gasteiger partial charge in [-0.15, -0.1) is 0 Å². The van der Waals surface area contributed by atoms with E-state index in [4.69, 9.17) is 0 Å². The number of carbonyl (C=O) groups is 2. The predicted molar refractivity (Wildman–Crippen MR) is 108 cm³/mol. The number of aromatic nitrogens is 2. The zero-order valence-corrected chi connectivity index (χ0v) is 16.4. The van der Waals surface area contributed by atoms with Crippen molar-refractivity contribution < 1.29 is 14.7 Å². The summed E-state index contributed by atoms with van der Waals surface area (Å²) in [7, 11) is 1.86. The highest BCUT2D eigenvalue weighted by Crippen LogP contribution is 2.38. The Hall–Kier alpha value is -3.19. The van der Waals surface area contributed by atoms with Crippen molar-refractivity contribution in [3.8, 4) is 0 Å². The molecule has 148 valence electrons. The SMILES string of the molecule is C[C@H](C(=O)N1CCc2c(c(CO)nn2C)C1)N1C(=O)c2cccc3cccc1c23. The van der Waals surface area contributed by atoms with Crippen molar-refractivity contribution in [3.63, 3.8) is 0 Å².